The molecule has 0 spiro atoms. The van der Waals surface area contributed by atoms with E-state index < -0.39 is 5.97 Å². The second-order valence-corrected chi connectivity index (χ2v) is 4.91. The summed E-state index contributed by atoms with van der Waals surface area (Å²) < 4.78 is 9.17. The molecular weight excluding hydrogens is 260 g/mol. The molecule has 0 bridgehead atoms. The van der Waals surface area contributed by atoms with Gasteiger partial charge in [0.15, 0.2) is 4.34 Å². The van der Waals surface area contributed by atoms with Gasteiger partial charge in [0.2, 0.25) is 0 Å². The monoisotopic (exact) mass is 268 g/mol. The number of hydrogen-bond donors (Lipinski definition) is 1. The first-order chi connectivity index (χ1) is 8.20. The Morgan fingerprint density at radius 3 is 3.00 bits per heavy atom. The number of methoxy groups -OCH3 is 1. The number of aromatic nitrogens is 3. The van der Waals surface area contributed by atoms with Gasteiger partial charge in [0.1, 0.15) is 17.0 Å². The number of anilines is 1. The number of pyridine rings is 1. The maximum Gasteiger partial charge on any atom is 0.356 e. The van der Waals surface area contributed by atoms with Crippen LogP contribution in [0.15, 0.2) is 27.8 Å². The zero-order valence-electron chi connectivity index (χ0n) is 8.78. The van der Waals surface area contributed by atoms with Crippen LogP contribution in [0.3, 0.4) is 0 Å². The molecule has 0 amide bonds. The minimum Gasteiger partial charge on any atom is -0.464 e. The highest BCUT2D eigenvalue weighted by Crippen LogP contribution is 2.30. The number of nitrogens with two attached hydrogens (primary N) is 1. The molecule has 2 aromatic heterocycles. The molecule has 2 heterocycles. The van der Waals surface area contributed by atoms with Crippen molar-refractivity contribution in [3.05, 3.63) is 24.2 Å². The summed E-state index contributed by atoms with van der Waals surface area (Å²) >= 11 is 2.50. The molecule has 8 heteroatoms. The lowest BCUT2D eigenvalue weighted by Gasteiger charge is -2.04. The average molecular weight is 268 g/mol. The van der Waals surface area contributed by atoms with Gasteiger partial charge in [-0.1, -0.05) is 0 Å². The number of esters is 1. The first-order valence-corrected chi connectivity index (χ1v) is 6.09. The van der Waals surface area contributed by atoms with Crippen LogP contribution in [0, 0.1) is 0 Å². The van der Waals surface area contributed by atoms with Crippen molar-refractivity contribution in [2.24, 2.45) is 0 Å². The number of carbonyl (C=O) groups is 1. The molecule has 17 heavy (non-hydrogen) atoms. The van der Waals surface area contributed by atoms with E-state index in [-0.39, 0.29) is 5.69 Å². The van der Waals surface area contributed by atoms with Crippen molar-refractivity contribution in [1.82, 2.24) is 14.3 Å². The maximum absolute atomic E-state index is 11.3. The van der Waals surface area contributed by atoms with Gasteiger partial charge in [0.05, 0.1) is 12.8 Å². The van der Waals surface area contributed by atoms with E-state index in [4.69, 9.17) is 5.73 Å². The molecule has 0 radical (unpaired) electrons. The molecule has 0 fully saturated rings. The summed E-state index contributed by atoms with van der Waals surface area (Å²) in [7, 11) is 1.30. The normalized spacial score (nSPS) is 10.2. The molecular formula is C9H8N4O2S2. The van der Waals surface area contributed by atoms with Crippen LogP contribution in [0.2, 0.25) is 0 Å². The summed E-state index contributed by atoms with van der Waals surface area (Å²) in [5.74, 6) is -0.496. The second-order valence-electron chi connectivity index (χ2n) is 2.89. The van der Waals surface area contributed by atoms with E-state index in [0.29, 0.717) is 15.1 Å². The predicted octanol–water partition coefficient (Wildman–Crippen LogP) is 1.45. The van der Waals surface area contributed by atoms with Crippen LogP contribution in [0.4, 0.5) is 5.69 Å². The SMILES string of the molecule is COC(=O)c1ccc(N)c(Sc2ncns2)n1. The van der Waals surface area contributed by atoms with E-state index in [0.717, 1.165) is 0 Å². The first kappa shape index (κ1) is 11.8. The fraction of sp³-hybridized carbons (Fsp3) is 0.111. The van der Waals surface area contributed by atoms with E-state index in [2.05, 4.69) is 19.1 Å². The van der Waals surface area contributed by atoms with Crippen molar-refractivity contribution in [3.63, 3.8) is 0 Å². The smallest absolute Gasteiger partial charge is 0.356 e. The molecule has 0 aromatic carbocycles. The van der Waals surface area contributed by atoms with E-state index >= 15 is 0 Å². The molecule has 6 nitrogen and oxygen atoms in total. The maximum atomic E-state index is 11.3. The topological polar surface area (TPSA) is 91.0 Å². The standard InChI is InChI=1S/C9H8N4O2S2/c1-15-8(14)6-3-2-5(10)7(13-6)16-9-11-4-12-17-9/h2-4H,10H2,1H3. The molecule has 0 aliphatic rings. The van der Waals surface area contributed by atoms with Crippen molar-refractivity contribution < 1.29 is 9.53 Å². The Morgan fingerprint density at radius 1 is 1.53 bits per heavy atom. The summed E-state index contributed by atoms with van der Waals surface area (Å²) in [6.07, 6.45) is 1.45. The van der Waals surface area contributed by atoms with Gasteiger partial charge in [-0.3, -0.25) is 0 Å². The van der Waals surface area contributed by atoms with Crippen molar-refractivity contribution >= 4 is 35.0 Å². The highest BCUT2D eigenvalue weighted by molar-refractivity contribution is 8.01. The van der Waals surface area contributed by atoms with Crippen LogP contribution in [0.1, 0.15) is 10.5 Å². The molecule has 0 aliphatic carbocycles. The van der Waals surface area contributed by atoms with E-state index in [9.17, 15) is 4.79 Å². The van der Waals surface area contributed by atoms with Crippen LogP contribution in [-0.4, -0.2) is 27.4 Å². The summed E-state index contributed by atoms with van der Waals surface area (Å²) in [5.41, 5.74) is 6.47. The third-order valence-electron chi connectivity index (χ3n) is 1.81. The van der Waals surface area contributed by atoms with Crippen LogP contribution >= 0.6 is 23.3 Å². The molecule has 88 valence electrons. The molecule has 0 saturated heterocycles. The third-order valence-corrected chi connectivity index (χ3v) is 3.54. The third kappa shape index (κ3) is 2.71. The first-order valence-electron chi connectivity index (χ1n) is 4.50. The quantitative estimate of drug-likeness (QED) is 0.842. The Labute approximate surface area is 105 Å². The highest BCUT2D eigenvalue weighted by atomic mass is 32.2. The lowest BCUT2D eigenvalue weighted by Crippen LogP contribution is -2.05. The van der Waals surface area contributed by atoms with Gasteiger partial charge in [-0.15, -0.1) is 0 Å². The zero-order valence-corrected chi connectivity index (χ0v) is 10.4. The van der Waals surface area contributed by atoms with Crippen LogP contribution in [-0.2, 0) is 4.74 Å². The molecule has 2 N–H and O–H groups in total. The molecule has 0 unspecified atom stereocenters. The summed E-state index contributed by atoms with van der Waals surface area (Å²) in [4.78, 5) is 19.4. The number of rotatable bonds is 3. The summed E-state index contributed by atoms with van der Waals surface area (Å²) in [6.45, 7) is 0. The van der Waals surface area contributed by atoms with Crippen molar-refractivity contribution in [2.45, 2.75) is 9.37 Å². The van der Waals surface area contributed by atoms with E-state index in [1.54, 1.807) is 6.07 Å². The Bertz CT molecular complexity index is 530. The summed E-state index contributed by atoms with van der Waals surface area (Å²) in [6, 6.07) is 3.13. The lowest BCUT2D eigenvalue weighted by molar-refractivity contribution is 0.0593. The van der Waals surface area contributed by atoms with Crippen LogP contribution < -0.4 is 5.73 Å². The number of nitrogens with zero attached hydrogens (tertiary/aromatic N) is 3. The molecule has 0 saturated carbocycles. The zero-order chi connectivity index (χ0) is 12.3. The van der Waals surface area contributed by atoms with Crippen LogP contribution in [0.5, 0.6) is 0 Å². The van der Waals surface area contributed by atoms with Crippen molar-refractivity contribution in [1.29, 1.82) is 0 Å². The Balaban J connectivity index is 2.29. The molecule has 2 aromatic rings. The fourth-order valence-corrected chi connectivity index (χ4v) is 2.43. The number of hydrogen-bond acceptors (Lipinski definition) is 8. The fourth-order valence-electron chi connectivity index (χ4n) is 1.04. The van der Waals surface area contributed by atoms with Gasteiger partial charge >= 0.3 is 5.97 Å². The van der Waals surface area contributed by atoms with Crippen molar-refractivity contribution in [2.75, 3.05) is 12.8 Å². The second kappa shape index (κ2) is 5.11. The number of carbonyl (C=O) groups excluding carboxylic acids is 1. The summed E-state index contributed by atoms with van der Waals surface area (Å²) in [5, 5.41) is 0.518. The van der Waals surface area contributed by atoms with Crippen LogP contribution in [0.25, 0.3) is 0 Å². The van der Waals surface area contributed by atoms with Gasteiger partial charge in [0.25, 0.3) is 0 Å². The van der Waals surface area contributed by atoms with Gasteiger partial charge in [-0.05, 0) is 35.4 Å². The van der Waals surface area contributed by atoms with Gasteiger partial charge in [0, 0.05) is 0 Å². The minimum atomic E-state index is -0.496. The van der Waals surface area contributed by atoms with Gasteiger partial charge < -0.3 is 10.5 Å². The Morgan fingerprint density at radius 2 is 2.35 bits per heavy atom. The Hall–Kier alpha value is -1.67. The number of nitrogen functional groups attached to an aromatic ring is 1. The van der Waals surface area contributed by atoms with Gasteiger partial charge in [-0.2, -0.15) is 4.37 Å². The predicted molar refractivity (Wildman–Crippen MR) is 64.0 cm³/mol. The average Bonchev–Trinajstić information content (AvgIpc) is 2.84. The largest absolute Gasteiger partial charge is 0.464 e. The van der Waals surface area contributed by atoms with Gasteiger partial charge in [-0.25, -0.2) is 14.8 Å². The molecule has 0 aliphatic heterocycles. The van der Waals surface area contributed by atoms with E-state index in [1.807, 2.05) is 0 Å². The Kier molecular flexibility index (Phi) is 3.55. The minimum absolute atomic E-state index is 0.216. The number of ether oxygens (including phenoxy) is 1. The molecule has 2 rings (SSSR count). The van der Waals surface area contributed by atoms with Crippen molar-refractivity contribution in [3.8, 4) is 0 Å². The van der Waals surface area contributed by atoms with E-state index in [1.165, 1.54) is 42.8 Å². The molecule has 0 atom stereocenters. The lowest BCUT2D eigenvalue weighted by atomic mass is 10.3. The highest BCUT2D eigenvalue weighted by Gasteiger charge is 2.12.